The quantitative estimate of drug-likeness (QED) is 0.667. The van der Waals surface area contributed by atoms with Crippen LogP contribution >= 0.6 is 23.7 Å². The van der Waals surface area contributed by atoms with Gasteiger partial charge in [-0.05, 0) is 37.3 Å². The van der Waals surface area contributed by atoms with Crippen LogP contribution in [0.25, 0.3) is 0 Å². The van der Waals surface area contributed by atoms with E-state index in [1.54, 1.807) is 0 Å². The number of ketones is 1. The monoisotopic (exact) mass is 435 g/mol. The summed E-state index contributed by atoms with van der Waals surface area (Å²) in [5, 5.41) is 2.71. The average molecular weight is 436 g/mol. The van der Waals surface area contributed by atoms with Gasteiger partial charge in [-0.25, -0.2) is 4.98 Å². The molecule has 1 aromatic heterocycles. The van der Waals surface area contributed by atoms with Crippen LogP contribution in [0, 0.1) is 11.8 Å². The normalized spacial score (nSPS) is 14.7. The SMILES string of the molecule is CC(C)Cc1ccc(C(=O)C2CCN(C(=O)c3csc(CCN)n3)CC2)cc1.Cl. The fourth-order valence-corrected chi connectivity index (χ4v) is 4.45. The topological polar surface area (TPSA) is 76.3 Å². The number of carbonyl (C=O) groups is 2. The lowest BCUT2D eigenvalue weighted by Crippen LogP contribution is -2.40. The molecule has 5 nitrogen and oxygen atoms in total. The smallest absolute Gasteiger partial charge is 0.273 e. The van der Waals surface area contributed by atoms with Gasteiger partial charge in [-0.2, -0.15) is 0 Å². The number of nitrogens with zero attached hydrogens (tertiary/aromatic N) is 2. The van der Waals surface area contributed by atoms with Crippen molar-refractivity contribution in [2.45, 2.75) is 39.5 Å². The van der Waals surface area contributed by atoms with E-state index in [0.29, 0.717) is 50.5 Å². The van der Waals surface area contributed by atoms with Crippen molar-refractivity contribution in [2.24, 2.45) is 17.6 Å². The van der Waals surface area contributed by atoms with E-state index in [-0.39, 0.29) is 30.0 Å². The maximum absolute atomic E-state index is 12.8. The van der Waals surface area contributed by atoms with Crippen LogP contribution in [-0.2, 0) is 12.8 Å². The minimum atomic E-state index is -0.0385. The summed E-state index contributed by atoms with van der Waals surface area (Å²) in [5.74, 6) is 0.751. The van der Waals surface area contributed by atoms with Crippen molar-refractivity contribution in [2.75, 3.05) is 19.6 Å². The number of amides is 1. The molecule has 0 radical (unpaired) electrons. The molecule has 0 bridgehead atoms. The van der Waals surface area contributed by atoms with Gasteiger partial charge in [0.05, 0.1) is 5.01 Å². The number of benzene rings is 1. The summed E-state index contributed by atoms with van der Waals surface area (Å²) in [4.78, 5) is 31.7. The number of likely N-dealkylation sites (tertiary alicyclic amines) is 1. The fourth-order valence-electron chi connectivity index (χ4n) is 3.67. The molecule has 2 N–H and O–H groups in total. The second-order valence-corrected chi connectivity index (χ2v) is 8.83. The highest BCUT2D eigenvalue weighted by atomic mass is 35.5. The van der Waals surface area contributed by atoms with E-state index in [9.17, 15) is 9.59 Å². The van der Waals surface area contributed by atoms with Gasteiger partial charge in [0.25, 0.3) is 5.91 Å². The van der Waals surface area contributed by atoms with Gasteiger partial charge in [0.15, 0.2) is 5.78 Å². The summed E-state index contributed by atoms with van der Waals surface area (Å²) < 4.78 is 0. The number of carbonyl (C=O) groups excluding carboxylic acids is 2. The van der Waals surface area contributed by atoms with Crippen LogP contribution in [0.4, 0.5) is 0 Å². The molecule has 1 aliphatic heterocycles. The van der Waals surface area contributed by atoms with E-state index in [0.717, 1.165) is 17.0 Å². The van der Waals surface area contributed by atoms with Gasteiger partial charge in [0, 0.05) is 36.4 Å². The first-order valence-corrected chi connectivity index (χ1v) is 10.9. The Hall–Kier alpha value is -1.76. The van der Waals surface area contributed by atoms with Crippen LogP contribution in [0.15, 0.2) is 29.6 Å². The van der Waals surface area contributed by atoms with Crippen LogP contribution in [0.3, 0.4) is 0 Å². The van der Waals surface area contributed by atoms with Gasteiger partial charge in [0.2, 0.25) is 0 Å². The third-order valence-corrected chi connectivity index (χ3v) is 6.07. The van der Waals surface area contributed by atoms with Crippen LogP contribution in [0.5, 0.6) is 0 Å². The van der Waals surface area contributed by atoms with Crippen LogP contribution in [0.2, 0.25) is 0 Å². The van der Waals surface area contributed by atoms with Crippen molar-refractivity contribution in [3.05, 3.63) is 51.5 Å². The number of hydrogen-bond donors (Lipinski definition) is 1. The number of halogens is 1. The Bertz CT molecular complexity index is 812. The Morgan fingerprint density at radius 3 is 2.45 bits per heavy atom. The molecule has 1 aliphatic rings. The first kappa shape index (κ1) is 23.5. The largest absolute Gasteiger partial charge is 0.337 e. The number of nitrogens with two attached hydrogens (primary N) is 1. The van der Waals surface area contributed by atoms with Crippen molar-refractivity contribution in [1.82, 2.24) is 9.88 Å². The van der Waals surface area contributed by atoms with E-state index in [1.165, 1.54) is 16.9 Å². The van der Waals surface area contributed by atoms with Crippen molar-refractivity contribution < 1.29 is 9.59 Å². The minimum Gasteiger partial charge on any atom is -0.337 e. The molecule has 1 saturated heterocycles. The highest BCUT2D eigenvalue weighted by Gasteiger charge is 2.29. The Morgan fingerprint density at radius 2 is 1.86 bits per heavy atom. The first-order chi connectivity index (χ1) is 13.5. The molecular formula is C22H30ClN3O2S. The van der Waals surface area contributed by atoms with Gasteiger partial charge >= 0.3 is 0 Å². The van der Waals surface area contributed by atoms with Crippen molar-refractivity contribution in [3.63, 3.8) is 0 Å². The number of rotatable bonds is 7. The van der Waals surface area contributed by atoms with E-state index in [4.69, 9.17) is 5.73 Å². The molecule has 0 spiro atoms. The zero-order valence-corrected chi connectivity index (χ0v) is 18.7. The number of hydrogen-bond acceptors (Lipinski definition) is 5. The fraction of sp³-hybridized carbons (Fsp3) is 0.500. The molecule has 29 heavy (non-hydrogen) atoms. The summed E-state index contributed by atoms with van der Waals surface area (Å²) in [5.41, 5.74) is 8.10. The summed E-state index contributed by atoms with van der Waals surface area (Å²) in [6, 6.07) is 8.03. The summed E-state index contributed by atoms with van der Waals surface area (Å²) in [6.07, 6.45) is 3.14. The van der Waals surface area contributed by atoms with Crippen molar-refractivity contribution >= 4 is 35.4 Å². The van der Waals surface area contributed by atoms with Gasteiger partial charge < -0.3 is 10.6 Å². The minimum absolute atomic E-state index is 0. The van der Waals surface area contributed by atoms with Crippen LogP contribution in [0.1, 0.15) is 58.1 Å². The third kappa shape index (κ3) is 6.11. The lowest BCUT2D eigenvalue weighted by atomic mass is 9.88. The Labute approximate surface area is 183 Å². The lowest BCUT2D eigenvalue weighted by molar-refractivity contribution is 0.0646. The predicted molar refractivity (Wildman–Crippen MR) is 120 cm³/mol. The summed E-state index contributed by atoms with van der Waals surface area (Å²) >= 11 is 1.48. The molecule has 3 rings (SSSR count). The van der Waals surface area contributed by atoms with Gasteiger partial charge in [-0.15, -0.1) is 23.7 Å². The number of thiazole rings is 1. The molecule has 7 heteroatoms. The zero-order valence-electron chi connectivity index (χ0n) is 17.1. The predicted octanol–water partition coefficient (Wildman–Crippen LogP) is 4.00. The lowest BCUT2D eigenvalue weighted by Gasteiger charge is -2.31. The molecule has 0 atom stereocenters. The molecule has 0 unspecified atom stereocenters. The second kappa shape index (κ2) is 10.9. The maximum Gasteiger partial charge on any atom is 0.273 e. The highest BCUT2D eigenvalue weighted by molar-refractivity contribution is 7.09. The summed E-state index contributed by atoms with van der Waals surface area (Å²) in [6.45, 7) is 6.12. The Morgan fingerprint density at radius 1 is 1.21 bits per heavy atom. The first-order valence-electron chi connectivity index (χ1n) is 10.0. The molecule has 0 aliphatic carbocycles. The average Bonchev–Trinajstić information content (AvgIpc) is 3.16. The zero-order chi connectivity index (χ0) is 20.1. The molecular weight excluding hydrogens is 406 g/mol. The van der Waals surface area contributed by atoms with E-state index in [2.05, 4.69) is 31.0 Å². The highest BCUT2D eigenvalue weighted by Crippen LogP contribution is 2.24. The van der Waals surface area contributed by atoms with Crippen molar-refractivity contribution in [3.8, 4) is 0 Å². The van der Waals surface area contributed by atoms with Gasteiger partial charge in [0.1, 0.15) is 5.69 Å². The number of aromatic nitrogens is 1. The van der Waals surface area contributed by atoms with Gasteiger partial charge in [-0.3, -0.25) is 9.59 Å². The molecule has 2 aromatic rings. The Balaban J connectivity index is 0.00000300. The molecule has 1 aromatic carbocycles. The van der Waals surface area contributed by atoms with E-state index >= 15 is 0 Å². The van der Waals surface area contributed by atoms with Crippen LogP contribution in [-0.4, -0.2) is 41.2 Å². The molecule has 1 amide bonds. The Kier molecular flexibility index (Phi) is 8.80. The summed E-state index contributed by atoms with van der Waals surface area (Å²) in [7, 11) is 0. The molecule has 158 valence electrons. The molecule has 0 saturated carbocycles. The molecule has 2 heterocycles. The number of Topliss-reactive ketones (excluding diaryl/α,β-unsaturated/α-hetero) is 1. The molecule has 1 fully saturated rings. The third-order valence-electron chi connectivity index (χ3n) is 5.16. The number of piperidine rings is 1. The van der Waals surface area contributed by atoms with Crippen molar-refractivity contribution in [1.29, 1.82) is 0 Å². The van der Waals surface area contributed by atoms with E-state index in [1.807, 2.05) is 22.4 Å². The van der Waals surface area contributed by atoms with E-state index < -0.39 is 0 Å². The standard InChI is InChI=1S/C22H29N3O2S.ClH/c1-15(2)13-16-3-5-17(6-4-16)21(26)18-8-11-25(12-9-18)22(27)19-14-28-20(24-19)7-10-23;/h3-6,14-15,18H,7-13,23H2,1-2H3;1H. The van der Waals surface area contributed by atoms with Gasteiger partial charge in [-0.1, -0.05) is 38.1 Å². The maximum atomic E-state index is 12.8. The van der Waals surface area contributed by atoms with Crippen LogP contribution < -0.4 is 5.73 Å². The second-order valence-electron chi connectivity index (χ2n) is 7.89.